The molecule has 2 aromatic rings. The van der Waals surface area contributed by atoms with Gasteiger partial charge in [-0.15, -0.1) is 0 Å². The van der Waals surface area contributed by atoms with Crippen molar-refractivity contribution in [3.05, 3.63) is 59.2 Å². The molecule has 0 aliphatic heterocycles. The van der Waals surface area contributed by atoms with E-state index in [9.17, 15) is 18.0 Å². The van der Waals surface area contributed by atoms with Gasteiger partial charge in [0.2, 0.25) is 0 Å². The van der Waals surface area contributed by atoms with E-state index in [1.165, 1.54) is 42.5 Å². The van der Waals surface area contributed by atoms with Gasteiger partial charge in [-0.25, -0.2) is 9.97 Å². The van der Waals surface area contributed by atoms with Gasteiger partial charge in [-0.2, -0.15) is 13.2 Å². The third-order valence-corrected chi connectivity index (χ3v) is 3.35. The zero-order valence-electron chi connectivity index (χ0n) is 12.8. The molecule has 0 spiro atoms. The molecule has 0 atom stereocenters. The molecule has 1 aromatic carbocycles. The zero-order chi connectivity index (χ0) is 17.0. The summed E-state index contributed by atoms with van der Waals surface area (Å²) in [6, 6.07) is 5.21. The topological polar surface area (TPSA) is 46.1 Å². The van der Waals surface area contributed by atoms with E-state index in [0.717, 1.165) is 6.07 Å². The fraction of sp³-hybridized carbons (Fsp3) is 0.312. The lowest BCUT2D eigenvalue weighted by Gasteiger charge is -2.20. The van der Waals surface area contributed by atoms with Crippen molar-refractivity contribution in [1.29, 1.82) is 0 Å². The highest BCUT2D eigenvalue weighted by Crippen LogP contribution is 2.32. The minimum atomic E-state index is -4.45. The van der Waals surface area contributed by atoms with Gasteiger partial charge in [0.05, 0.1) is 11.1 Å². The van der Waals surface area contributed by atoms with E-state index < -0.39 is 17.6 Å². The summed E-state index contributed by atoms with van der Waals surface area (Å²) >= 11 is 0. The monoisotopic (exact) mass is 323 g/mol. The summed E-state index contributed by atoms with van der Waals surface area (Å²) in [6.07, 6.45) is -1.03. The Morgan fingerprint density at radius 2 is 1.78 bits per heavy atom. The molecule has 0 aliphatic rings. The van der Waals surface area contributed by atoms with Crippen LogP contribution in [-0.4, -0.2) is 27.8 Å². The van der Waals surface area contributed by atoms with Crippen LogP contribution in [0.15, 0.2) is 36.7 Å². The van der Waals surface area contributed by atoms with Crippen molar-refractivity contribution in [2.24, 2.45) is 0 Å². The number of aryl methyl sites for hydroxylation is 1. The smallest absolute Gasteiger partial charge is 0.337 e. The van der Waals surface area contributed by atoms with E-state index in [-0.39, 0.29) is 17.7 Å². The Morgan fingerprint density at radius 1 is 1.17 bits per heavy atom. The predicted molar refractivity (Wildman–Crippen MR) is 78.7 cm³/mol. The number of hydrogen-bond donors (Lipinski definition) is 0. The van der Waals surface area contributed by atoms with Crippen LogP contribution in [0.4, 0.5) is 13.2 Å². The van der Waals surface area contributed by atoms with Crippen molar-refractivity contribution in [2.75, 3.05) is 7.05 Å². The van der Waals surface area contributed by atoms with Crippen molar-refractivity contribution >= 4 is 5.91 Å². The van der Waals surface area contributed by atoms with Gasteiger partial charge < -0.3 is 4.90 Å². The molecule has 1 amide bonds. The Kier molecular flexibility index (Phi) is 4.98. The van der Waals surface area contributed by atoms with E-state index in [2.05, 4.69) is 9.97 Å². The van der Waals surface area contributed by atoms with Crippen LogP contribution in [0.5, 0.6) is 0 Å². The second-order valence-corrected chi connectivity index (χ2v) is 5.06. The lowest BCUT2D eigenvalue weighted by atomic mass is 10.1. The molecule has 0 saturated heterocycles. The minimum absolute atomic E-state index is 0.0435. The summed E-state index contributed by atoms with van der Waals surface area (Å²) in [7, 11) is 1.45. The van der Waals surface area contributed by atoms with Gasteiger partial charge in [0.15, 0.2) is 0 Å². The van der Waals surface area contributed by atoms with Gasteiger partial charge in [-0.3, -0.25) is 4.79 Å². The highest BCUT2D eigenvalue weighted by atomic mass is 19.4. The average molecular weight is 323 g/mol. The van der Waals surface area contributed by atoms with Crippen molar-refractivity contribution in [1.82, 2.24) is 14.9 Å². The maximum absolute atomic E-state index is 13.0. The number of amides is 1. The summed E-state index contributed by atoms with van der Waals surface area (Å²) in [4.78, 5) is 21.5. The largest absolute Gasteiger partial charge is 0.416 e. The number of hydrogen-bond acceptors (Lipinski definition) is 3. The van der Waals surface area contributed by atoms with Crippen molar-refractivity contribution in [3.63, 3.8) is 0 Å². The fourth-order valence-corrected chi connectivity index (χ4v) is 2.13. The Bertz CT molecular complexity index is 684. The Labute approximate surface area is 132 Å². The van der Waals surface area contributed by atoms with E-state index in [1.807, 2.05) is 6.92 Å². The molecule has 1 heterocycles. The number of benzene rings is 1. The van der Waals surface area contributed by atoms with Crippen LogP contribution >= 0.6 is 0 Å². The van der Waals surface area contributed by atoms with E-state index in [4.69, 9.17) is 0 Å². The van der Waals surface area contributed by atoms with Gasteiger partial charge in [0, 0.05) is 32.4 Å². The second-order valence-electron chi connectivity index (χ2n) is 5.06. The molecule has 7 heteroatoms. The number of halogens is 3. The normalized spacial score (nSPS) is 11.3. The summed E-state index contributed by atoms with van der Waals surface area (Å²) in [6.45, 7) is 1.74. The maximum Gasteiger partial charge on any atom is 0.416 e. The van der Waals surface area contributed by atoms with Gasteiger partial charge >= 0.3 is 6.18 Å². The summed E-state index contributed by atoms with van der Waals surface area (Å²) in [5.74, 6) is 0.177. The van der Waals surface area contributed by atoms with Gasteiger partial charge in [-0.1, -0.05) is 25.1 Å². The highest BCUT2D eigenvalue weighted by Gasteiger charge is 2.33. The first kappa shape index (κ1) is 16.9. The van der Waals surface area contributed by atoms with Gasteiger partial charge in [0.25, 0.3) is 5.91 Å². The molecule has 2 rings (SSSR count). The molecule has 122 valence electrons. The standard InChI is InChI=1S/C16H16F3N3O/c1-3-14-20-8-12(9-21-14)15(23)22(2)10-11-6-4-5-7-13(11)16(17,18)19/h4-9H,3,10H2,1-2H3. The quantitative estimate of drug-likeness (QED) is 0.867. The molecule has 23 heavy (non-hydrogen) atoms. The van der Waals surface area contributed by atoms with Crippen LogP contribution in [0.1, 0.15) is 34.2 Å². The summed E-state index contributed by atoms with van der Waals surface area (Å²) in [5.41, 5.74) is -0.451. The molecule has 0 aliphatic carbocycles. The van der Waals surface area contributed by atoms with Crippen LogP contribution in [0.3, 0.4) is 0 Å². The van der Waals surface area contributed by atoms with E-state index in [0.29, 0.717) is 12.2 Å². The molecular formula is C16H16F3N3O. The van der Waals surface area contributed by atoms with E-state index in [1.54, 1.807) is 0 Å². The summed E-state index contributed by atoms with van der Waals surface area (Å²) in [5, 5.41) is 0. The van der Waals surface area contributed by atoms with Crippen LogP contribution in [0.2, 0.25) is 0 Å². The Hall–Kier alpha value is -2.44. The molecular weight excluding hydrogens is 307 g/mol. The third kappa shape index (κ3) is 4.06. The number of carbonyl (C=O) groups excluding carboxylic acids is 1. The van der Waals surface area contributed by atoms with E-state index >= 15 is 0 Å². The molecule has 0 fully saturated rings. The first-order chi connectivity index (χ1) is 10.8. The van der Waals surface area contributed by atoms with Crippen molar-refractivity contribution in [3.8, 4) is 0 Å². The number of carbonyl (C=O) groups is 1. The Morgan fingerprint density at radius 3 is 2.35 bits per heavy atom. The maximum atomic E-state index is 13.0. The molecule has 1 aromatic heterocycles. The highest BCUT2D eigenvalue weighted by molar-refractivity contribution is 5.93. The molecule has 0 saturated carbocycles. The molecule has 0 N–H and O–H groups in total. The summed E-state index contributed by atoms with van der Waals surface area (Å²) < 4.78 is 38.9. The lowest BCUT2D eigenvalue weighted by Crippen LogP contribution is -2.27. The Balaban J connectivity index is 2.18. The van der Waals surface area contributed by atoms with Crippen molar-refractivity contribution < 1.29 is 18.0 Å². The number of alkyl halides is 3. The first-order valence-electron chi connectivity index (χ1n) is 7.04. The minimum Gasteiger partial charge on any atom is -0.337 e. The second kappa shape index (κ2) is 6.76. The molecule has 0 radical (unpaired) electrons. The first-order valence-corrected chi connectivity index (χ1v) is 7.04. The van der Waals surface area contributed by atoms with Crippen LogP contribution < -0.4 is 0 Å². The van der Waals surface area contributed by atoms with Crippen LogP contribution in [0, 0.1) is 0 Å². The number of nitrogens with zero attached hydrogens (tertiary/aromatic N) is 3. The van der Waals surface area contributed by atoms with Gasteiger partial charge in [0.1, 0.15) is 5.82 Å². The average Bonchev–Trinajstić information content (AvgIpc) is 2.53. The lowest BCUT2D eigenvalue weighted by molar-refractivity contribution is -0.138. The number of aromatic nitrogens is 2. The van der Waals surface area contributed by atoms with Crippen LogP contribution in [-0.2, 0) is 19.1 Å². The zero-order valence-corrected chi connectivity index (χ0v) is 12.8. The number of rotatable bonds is 4. The molecule has 0 unspecified atom stereocenters. The SMILES string of the molecule is CCc1ncc(C(=O)N(C)Cc2ccccc2C(F)(F)F)cn1. The molecule has 4 nitrogen and oxygen atoms in total. The fourth-order valence-electron chi connectivity index (χ4n) is 2.13. The third-order valence-electron chi connectivity index (χ3n) is 3.35. The van der Waals surface area contributed by atoms with Crippen LogP contribution in [0.25, 0.3) is 0 Å². The van der Waals surface area contributed by atoms with Gasteiger partial charge in [-0.05, 0) is 11.6 Å². The van der Waals surface area contributed by atoms with Crippen molar-refractivity contribution in [2.45, 2.75) is 26.1 Å². The predicted octanol–water partition coefficient (Wildman–Crippen LogP) is 3.33. The molecule has 0 bridgehead atoms.